The first-order chi connectivity index (χ1) is 6.97. The van der Waals surface area contributed by atoms with E-state index in [0.717, 1.165) is 0 Å². The van der Waals surface area contributed by atoms with Gasteiger partial charge in [-0.3, -0.25) is 20.2 Å². The first kappa shape index (κ1) is 10.5. The summed E-state index contributed by atoms with van der Waals surface area (Å²) in [5.74, 6) is -1.54. The van der Waals surface area contributed by atoms with Crippen LogP contribution in [0.15, 0.2) is 12.1 Å². The number of benzene rings is 1. The highest BCUT2D eigenvalue weighted by molar-refractivity contribution is 5.60. The van der Waals surface area contributed by atoms with Crippen molar-refractivity contribution in [1.29, 1.82) is 0 Å². The lowest BCUT2D eigenvalue weighted by molar-refractivity contribution is -0.399. The molecule has 0 heterocycles. The largest absolute Gasteiger partial charge is 0.301 e. The molecule has 8 heteroatoms. The van der Waals surface area contributed by atoms with Gasteiger partial charge in [-0.2, -0.15) is 4.39 Å². The number of rotatable bonds is 2. The fourth-order valence-corrected chi connectivity index (χ4v) is 0.910. The van der Waals surface area contributed by atoms with E-state index in [4.69, 9.17) is 6.57 Å². The lowest BCUT2D eigenvalue weighted by Gasteiger charge is -1.96. The SMILES string of the molecule is [C-]#[N+]c1cc([N+](=O)[O-])c(F)c([N+](=O)[O-])c1. The molecule has 0 fully saturated rings. The van der Waals surface area contributed by atoms with Crippen molar-refractivity contribution in [2.75, 3.05) is 0 Å². The maximum absolute atomic E-state index is 13.1. The third-order valence-corrected chi connectivity index (χ3v) is 1.54. The molecule has 0 unspecified atom stereocenters. The Labute approximate surface area is 81.9 Å². The molecule has 0 saturated carbocycles. The summed E-state index contributed by atoms with van der Waals surface area (Å²) < 4.78 is 13.1. The molecule has 0 radical (unpaired) electrons. The van der Waals surface area contributed by atoms with E-state index in [1.165, 1.54) is 0 Å². The van der Waals surface area contributed by atoms with Gasteiger partial charge in [0.25, 0.3) is 5.82 Å². The Kier molecular flexibility index (Phi) is 2.57. The number of halogens is 1. The van der Waals surface area contributed by atoms with Crippen LogP contribution < -0.4 is 0 Å². The van der Waals surface area contributed by atoms with Gasteiger partial charge in [-0.25, -0.2) is 4.85 Å². The molecule has 76 valence electrons. The molecule has 0 aromatic heterocycles. The number of hydrogen-bond acceptors (Lipinski definition) is 4. The van der Waals surface area contributed by atoms with Gasteiger partial charge in [0.1, 0.15) is 0 Å². The molecule has 0 atom stereocenters. The van der Waals surface area contributed by atoms with Crippen LogP contribution in [0.5, 0.6) is 0 Å². The highest BCUT2D eigenvalue weighted by Crippen LogP contribution is 2.31. The van der Waals surface area contributed by atoms with Crippen LogP contribution in [0.4, 0.5) is 21.5 Å². The van der Waals surface area contributed by atoms with Crippen LogP contribution in [0, 0.1) is 32.6 Å². The Hall–Kier alpha value is -2.56. The van der Waals surface area contributed by atoms with E-state index in [1.807, 2.05) is 0 Å². The van der Waals surface area contributed by atoms with Crippen LogP contribution in [0.25, 0.3) is 4.85 Å². The number of nitro groups is 2. The maximum atomic E-state index is 13.1. The molecular formula is C7H2FN3O4. The highest BCUT2D eigenvalue weighted by Gasteiger charge is 2.26. The lowest BCUT2D eigenvalue weighted by atomic mass is 10.2. The Morgan fingerprint density at radius 1 is 1.20 bits per heavy atom. The second-order valence-electron chi connectivity index (χ2n) is 2.42. The van der Waals surface area contributed by atoms with Crippen molar-refractivity contribution in [2.45, 2.75) is 0 Å². The van der Waals surface area contributed by atoms with Gasteiger partial charge in [-0.15, -0.1) is 0 Å². The second kappa shape index (κ2) is 3.67. The molecule has 0 bridgehead atoms. The van der Waals surface area contributed by atoms with Crippen LogP contribution in [-0.4, -0.2) is 9.85 Å². The number of nitrogens with zero attached hydrogens (tertiary/aromatic N) is 3. The van der Waals surface area contributed by atoms with Gasteiger partial charge in [0.05, 0.1) is 16.4 Å². The molecule has 1 aromatic rings. The smallest absolute Gasteiger partial charge is 0.258 e. The minimum Gasteiger partial charge on any atom is -0.258 e. The average molecular weight is 211 g/mol. The Balaban J connectivity index is 3.56. The molecule has 0 N–H and O–H groups in total. The predicted octanol–water partition coefficient (Wildman–Crippen LogP) is 2.19. The number of nitro benzene ring substituents is 2. The van der Waals surface area contributed by atoms with Crippen molar-refractivity contribution in [2.24, 2.45) is 0 Å². The standard InChI is InChI=1S/C7H2FN3O4/c1-9-4-2-5(10(12)13)7(8)6(3-4)11(14)15/h2-3H. The number of hydrogen-bond donors (Lipinski definition) is 0. The summed E-state index contributed by atoms with van der Waals surface area (Å²) in [5, 5.41) is 20.6. The Morgan fingerprint density at radius 2 is 1.60 bits per heavy atom. The molecule has 7 nitrogen and oxygen atoms in total. The lowest BCUT2D eigenvalue weighted by Crippen LogP contribution is -1.97. The fourth-order valence-electron chi connectivity index (χ4n) is 0.910. The minimum atomic E-state index is -1.54. The van der Waals surface area contributed by atoms with Gasteiger partial charge in [-0.1, -0.05) is 0 Å². The van der Waals surface area contributed by atoms with Gasteiger partial charge in [-0.05, 0) is 0 Å². The van der Waals surface area contributed by atoms with Crippen LogP contribution in [-0.2, 0) is 0 Å². The maximum Gasteiger partial charge on any atom is 0.301 e. The Bertz CT molecular complexity index is 458. The van der Waals surface area contributed by atoms with Gasteiger partial charge in [0.15, 0.2) is 0 Å². The molecule has 0 aliphatic carbocycles. The van der Waals surface area contributed by atoms with Gasteiger partial charge < -0.3 is 0 Å². The zero-order chi connectivity index (χ0) is 11.6. The highest BCUT2D eigenvalue weighted by atomic mass is 19.1. The van der Waals surface area contributed by atoms with E-state index in [2.05, 4.69) is 4.85 Å². The third-order valence-electron chi connectivity index (χ3n) is 1.54. The summed E-state index contributed by atoms with van der Waals surface area (Å²) in [4.78, 5) is 21.2. The molecule has 15 heavy (non-hydrogen) atoms. The van der Waals surface area contributed by atoms with Crippen LogP contribution in [0.2, 0.25) is 0 Å². The van der Waals surface area contributed by atoms with Gasteiger partial charge in [0, 0.05) is 12.1 Å². The fraction of sp³-hybridized carbons (Fsp3) is 0. The zero-order valence-electron chi connectivity index (χ0n) is 7.01. The summed E-state index contributed by atoms with van der Waals surface area (Å²) in [7, 11) is 0. The van der Waals surface area contributed by atoms with E-state index in [1.54, 1.807) is 0 Å². The van der Waals surface area contributed by atoms with Crippen LogP contribution >= 0.6 is 0 Å². The average Bonchev–Trinajstić information content (AvgIpc) is 2.17. The predicted molar refractivity (Wildman–Crippen MR) is 46.0 cm³/mol. The van der Waals surface area contributed by atoms with Crippen LogP contribution in [0.1, 0.15) is 0 Å². The van der Waals surface area contributed by atoms with Gasteiger partial charge in [0.2, 0.25) is 5.69 Å². The second-order valence-corrected chi connectivity index (χ2v) is 2.42. The quantitative estimate of drug-likeness (QED) is 0.425. The molecule has 0 amide bonds. The molecule has 1 rings (SSSR count). The summed E-state index contributed by atoms with van der Waals surface area (Å²) in [6.07, 6.45) is 0. The van der Waals surface area contributed by atoms with Crippen molar-refractivity contribution in [3.63, 3.8) is 0 Å². The molecule has 0 aliphatic rings. The van der Waals surface area contributed by atoms with Crippen LogP contribution in [0.3, 0.4) is 0 Å². The van der Waals surface area contributed by atoms with Gasteiger partial charge >= 0.3 is 11.4 Å². The van der Waals surface area contributed by atoms with E-state index in [-0.39, 0.29) is 5.69 Å². The molecular weight excluding hydrogens is 209 g/mol. The van der Waals surface area contributed by atoms with Crippen molar-refractivity contribution in [1.82, 2.24) is 0 Å². The van der Waals surface area contributed by atoms with Crippen molar-refractivity contribution in [3.05, 3.63) is 49.6 Å². The summed E-state index contributed by atoms with van der Waals surface area (Å²) in [6.45, 7) is 6.55. The van der Waals surface area contributed by atoms with E-state index < -0.39 is 27.0 Å². The first-order valence-corrected chi connectivity index (χ1v) is 3.47. The summed E-state index contributed by atoms with van der Waals surface area (Å²) in [6, 6.07) is 1.30. The van der Waals surface area contributed by atoms with Crippen molar-refractivity contribution < 1.29 is 14.2 Å². The van der Waals surface area contributed by atoms with Crippen molar-refractivity contribution in [3.8, 4) is 0 Å². The first-order valence-electron chi connectivity index (χ1n) is 3.47. The zero-order valence-corrected chi connectivity index (χ0v) is 7.01. The molecule has 0 saturated heterocycles. The summed E-state index contributed by atoms with van der Waals surface area (Å²) in [5.41, 5.74) is -2.50. The van der Waals surface area contributed by atoms with E-state index in [0.29, 0.717) is 12.1 Å². The van der Waals surface area contributed by atoms with E-state index >= 15 is 0 Å². The Morgan fingerprint density at radius 3 is 1.87 bits per heavy atom. The normalized spacial score (nSPS) is 9.33. The molecule has 0 spiro atoms. The topological polar surface area (TPSA) is 90.6 Å². The van der Waals surface area contributed by atoms with E-state index in [9.17, 15) is 24.6 Å². The third kappa shape index (κ3) is 1.86. The monoisotopic (exact) mass is 211 g/mol. The molecule has 0 aliphatic heterocycles. The van der Waals surface area contributed by atoms with Crippen molar-refractivity contribution >= 4 is 17.1 Å². The summed E-state index contributed by atoms with van der Waals surface area (Å²) >= 11 is 0. The molecule has 1 aromatic carbocycles. The minimum absolute atomic E-state index is 0.352.